The first kappa shape index (κ1) is 27.6. The zero-order chi connectivity index (χ0) is 29.3. The smallest absolute Gasteiger partial charge is 0.320 e. The lowest BCUT2D eigenvalue weighted by Crippen LogP contribution is -2.49. The second-order valence-electron chi connectivity index (χ2n) is 12.2. The standard InChI is InChI=1S/C30H32F4N6O/c1-17-12-29(13-17,27-38-36-16-39(27)4)20-8-5-7-19(11-20)21-14-35-25-23(30(32,33)34)24(31)22(15-40(25)26(21)41)18(2)37-28(3)9-6-10-28/h5,7-8,11,14-18,37H,6,9-10,12-13H2,1-4H3. The zero-order valence-corrected chi connectivity index (χ0v) is 23.4. The fourth-order valence-corrected chi connectivity index (χ4v) is 6.79. The Labute approximate surface area is 234 Å². The third-order valence-corrected chi connectivity index (χ3v) is 8.99. The van der Waals surface area contributed by atoms with Gasteiger partial charge in [-0.25, -0.2) is 9.37 Å². The normalized spacial score (nSPS) is 22.8. The molecule has 0 spiro atoms. The quantitative estimate of drug-likeness (QED) is 0.291. The molecular weight excluding hydrogens is 536 g/mol. The molecule has 1 unspecified atom stereocenters. The number of pyridine rings is 1. The number of fused-ring (bicyclic) bond motifs is 1. The van der Waals surface area contributed by atoms with Crippen molar-refractivity contribution in [2.45, 2.75) is 76.0 Å². The summed E-state index contributed by atoms with van der Waals surface area (Å²) < 4.78 is 60.8. The molecule has 0 bridgehead atoms. The zero-order valence-electron chi connectivity index (χ0n) is 23.4. The van der Waals surface area contributed by atoms with Crippen molar-refractivity contribution >= 4 is 5.65 Å². The molecule has 1 N–H and O–H groups in total. The Morgan fingerprint density at radius 3 is 2.51 bits per heavy atom. The minimum absolute atomic E-state index is 0.127. The Bertz CT molecular complexity index is 1700. The van der Waals surface area contributed by atoms with Crippen LogP contribution in [0, 0.1) is 11.7 Å². The minimum Gasteiger partial charge on any atom is -0.320 e. The summed E-state index contributed by atoms with van der Waals surface area (Å²) in [5, 5.41) is 11.7. The predicted molar refractivity (Wildman–Crippen MR) is 146 cm³/mol. The van der Waals surface area contributed by atoms with Gasteiger partial charge in [0.05, 0.1) is 11.0 Å². The first-order valence-corrected chi connectivity index (χ1v) is 13.9. The molecule has 0 saturated heterocycles. The molecule has 2 saturated carbocycles. The molecule has 3 aromatic heterocycles. The van der Waals surface area contributed by atoms with Crippen molar-refractivity contribution in [3.63, 3.8) is 0 Å². The maximum atomic E-state index is 15.5. The Balaban J connectivity index is 1.49. The topological polar surface area (TPSA) is 77.1 Å². The molecule has 7 nitrogen and oxygen atoms in total. The Morgan fingerprint density at radius 2 is 1.93 bits per heavy atom. The van der Waals surface area contributed by atoms with Gasteiger partial charge in [-0.2, -0.15) is 13.2 Å². The van der Waals surface area contributed by atoms with Gasteiger partial charge in [0.15, 0.2) is 5.65 Å². The highest BCUT2D eigenvalue weighted by Gasteiger charge is 2.48. The third kappa shape index (κ3) is 4.45. The molecule has 0 radical (unpaired) electrons. The number of rotatable bonds is 6. The average molecular weight is 569 g/mol. The van der Waals surface area contributed by atoms with E-state index in [0.717, 1.165) is 60.3 Å². The Kier molecular flexibility index (Phi) is 6.37. The second-order valence-corrected chi connectivity index (χ2v) is 12.2. The summed E-state index contributed by atoms with van der Waals surface area (Å²) in [4.78, 5) is 17.8. The van der Waals surface area contributed by atoms with Crippen LogP contribution < -0.4 is 10.9 Å². The lowest BCUT2D eigenvalue weighted by atomic mass is 9.58. The first-order chi connectivity index (χ1) is 19.3. The van der Waals surface area contributed by atoms with E-state index in [1.807, 2.05) is 36.7 Å². The van der Waals surface area contributed by atoms with Gasteiger partial charge >= 0.3 is 6.18 Å². The first-order valence-electron chi connectivity index (χ1n) is 13.9. The summed E-state index contributed by atoms with van der Waals surface area (Å²) >= 11 is 0. The van der Waals surface area contributed by atoms with Gasteiger partial charge in [0, 0.05) is 36.6 Å². The Hall–Kier alpha value is -3.60. The summed E-state index contributed by atoms with van der Waals surface area (Å²) in [7, 11) is 1.89. The van der Waals surface area contributed by atoms with E-state index < -0.39 is 34.8 Å². The van der Waals surface area contributed by atoms with E-state index in [9.17, 15) is 18.0 Å². The van der Waals surface area contributed by atoms with Crippen molar-refractivity contribution in [1.29, 1.82) is 0 Å². The highest BCUT2D eigenvalue weighted by molar-refractivity contribution is 5.66. The van der Waals surface area contributed by atoms with Crippen molar-refractivity contribution < 1.29 is 17.6 Å². The van der Waals surface area contributed by atoms with Crippen LogP contribution >= 0.6 is 0 Å². The summed E-state index contributed by atoms with van der Waals surface area (Å²) in [5.74, 6) is -0.125. The minimum atomic E-state index is -5.05. The van der Waals surface area contributed by atoms with E-state index in [1.165, 1.54) is 0 Å². The fourth-order valence-electron chi connectivity index (χ4n) is 6.79. The van der Waals surface area contributed by atoms with Crippen LogP contribution in [0.25, 0.3) is 16.8 Å². The molecule has 2 aliphatic carbocycles. The molecule has 0 amide bonds. The summed E-state index contributed by atoms with van der Waals surface area (Å²) in [5.41, 5.74) is -2.31. The number of halogens is 4. The summed E-state index contributed by atoms with van der Waals surface area (Å²) in [6.45, 7) is 5.74. The molecule has 1 atom stereocenters. The van der Waals surface area contributed by atoms with E-state index in [1.54, 1.807) is 19.3 Å². The summed E-state index contributed by atoms with van der Waals surface area (Å²) in [6, 6.07) is 6.65. The number of alkyl halides is 3. The van der Waals surface area contributed by atoms with Gasteiger partial charge in [0.2, 0.25) is 0 Å². The average Bonchev–Trinajstić information content (AvgIpc) is 3.30. The van der Waals surface area contributed by atoms with Crippen molar-refractivity contribution in [2.75, 3.05) is 0 Å². The van der Waals surface area contributed by atoms with Gasteiger partial charge in [-0.3, -0.25) is 9.20 Å². The van der Waals surface area contributed by atoms with Crippen LogP contribution in [0.5, 0.6) is 0 Å². The number of aromatic nitrogens is 5. The van der Waals surface area contributed by atoms with Crippen molar-refractivity contribution in [1.82, 2.24) is 29.5 Å². The van der Waals surface area contributed by atoms with Gasteiger partial charge in [-0.05, 0) is 69.1 Å². The SMILES string of the molecule is CC1CC(c2cccc(-c3cnc4c(C(F)(F)F)c(F)c(C(C)NC5(C)CCC5)cn4c3=O)c2)(c2nncn2C)C1. The van der Waals surface area contributed by atoms with E-state index in [-0.39, 0.29) is 22.1 Å². The van der Waals surface area contributed by atoms with Crippen LogP contribution in [0.2, 0.25) is 0 Å². The van der Waals surface area contributed by atoms with Crippen LogP contribution in [0.1, 0.15) is 81.4 Å². The van der Waals surface area contributed by atoms with Crippen molar-refractivity contribution in [3.8, 4) is 11.1 Å². The van der Waals surface area contributed by atoms with Gasteiger partial charge < -0.3 is 9.88 Å². The number of aryl methyl sites for hydroxylation is 1. The van der Waals surface area contributed by atoms with Gasteiger partial charge in [0.1, 0.15) is 23.5 Å². The number of nitrogens with zero attached hydrogens (tertiary/aromatic N) is 5. The maximum absolute atomic E-state index is 15.5. The molecule has 3 heterocycles. The van der Waals surface area contributed by atoms with E-state index in [4.69, 9.17) is 0 Å². The van der Waals surface area contributed by atoms with Crippen LogP contribution in [0.3, 0.4) is 0 Å². The van der Waals surface area contributed by atoms with Crippen LogP contribution in [0.15, 0.2) is 47.8 Å². The van der Waals surface area contributed by atoms with E-state index >= 15 is 4.39 Å². The second kappa shape index (κ2) is 9.47. The number of benzene rings is 1. The third-order valence-electron chi connectivity index (χ3n) is 8.99. The van der Waals surface area contributed by atoms with Crippen LogP contribution in [-0.2, 0) is 18.6 Å². The molecule has 216 valence electrons. The summed E-state index contributed by atoms with van der Waals surface area (Å²) in [6.07, 6.45) is 3.25. The highest BCUT2D eigenvalue weighted by Crippen LogP contribution is 2.51. The van der Waals surface area contributed by atoms with Crippen LogP contribution in [-0.4, -0.2) is 29.7 Å². The molecule has 2 fully saturated rings. The number of hydrogen-bond donors (Lipinski definition) is 1. The highest BCUT2D eigenvalue weighted by atomic mass is 19.4. The lowest BCUT2D eigenvalue weighted by molar-refractivity contribution is -0.139. The molecule has 6 rings (SSSR count). The van der Waals surface area contributed by atoms with Gasteiger partial charge in [-0.1, -0.05) is 25.1 Å². The molecule has 1 aromatic carbocycles. The van der Waals surface area contributed by atoms with Crippen molar-refractivity contribution in [2.24, 2.45) is 13.0 Å². The Morgan fingerprint density at radius 1 is 1.20 bits per heavy atom. The molecule has 41 heavy (non-hydrogen) atoms. The van der Waals surface area contributed by atoms with E-state index in [2.05, 4.69) is 27.4 Å². The van der Waals surface area contributed by atoms with Crippen LogP contribution in [0.4, 0.5) is 17.6 Å². The molecule has 11 heteroatoms. The molecule has 4 aromatic rings. The maximum Gasteiger partial charge on any atom is 0.422 e. The van der Waals surface area contributed by atoms with Gasteiger partial charge in [-0.15, -0.1) is 10.2 Å². The molecule has 0 aliphatic heterocycles. The molecule has 2 aliphatic rings. The lowest BCUT2D eigenvalue weighted by Gasteiger charge is -2.46. The largest absolute Gasteiger partial charge is 0.422 e. The fraction of sp³-hybridized carbons (Fsp3) is 0.467. The van der Waals surface area contributed by atoms with Gasteiger partial charge in [0.25, 0.3) is 5.56 Å². The predicted octanol–water partition coefficient (Wildman–Crippen LogP) is 5.96. The number of nitrogens with one attached hydrogen (secondary N) is 1. The van der Waals surface area contributed by atoms with Crippen molar-refractivity contribution in [3.05, 3.63) is 81.7 Å². The monoisotopic (exact) mass is 568 g/mol. The molecular formula is C30H32F4N6O. The number of hydrogen-bond acceptors (Lipinski definition) is 5. The van der Waals surface area contributed by atoms with E-state index in [0.29, 0.717) is 11.5 Å².